The van der Waals surface area contributed by atoms with Crippen molar-refractivity contribution in [3.63, 3.8) is 0 Å². The summed E-state index contributed by atoms with van der Waals surface area (Å²) in [6.45, 7) is 3.82. The summed E-state index contributed by atoms with van der Waals surface area (Å²) in [7, 11) is 0. The van der Waals surface area contributed by atoms with Gasteiger partial charge in [-0.1, -0.05) is 26.2 Å². The Morgan fingerprint density at radius 1 is 1.00 bits per heavy atom. The molecule has 2 aromatic carbocycles. The number of unbranched alkanes of at least 4 members (excludes halogenated alkanes) is 2. The van der Waals surface area contributed by atoms with Gasteiger partial charge in [-0.05, 0) is 61.9 Å². The van der Waals surface area contributed by atoms with E-state index in [9.17, 15) is 18.7 Å². The van der Waals surface area contributed by atoms with Crippen LogP contribution in [0.25, 0.3) is 22.5 Å². The molecule has 4 nitrogen and oxygen atoms in total. The first kappa shape index (κ1) is 20.7. The number of carbonyl (C=O) groups is 1. The lowest BCUT2D eigenvalue weighted by atomic mass is 10.0. The number of benzene rings is 2. The van der Waals surface area contributed by atoms with E-state index in [4.69, 9.17) is 0 Å². The van der Waals surface area contributed by atoms with E-state index in [1.165, 1.54) is 24.3 Å². The smallest absolute Gasteiger partial charge is 0.326 e. The van der Waals surface area contributed by atoms with E-state index in [1.807, 2.05) is 0 Å². The van der Waals surface area contributed by atoms with E-state index in [1.54, 1.807) is 35.8 Å². The van der Waals surface area contributed by atoms with Gasteiger partial charge in [-0.25, -0.2) is 18.6 Å². The highest BCUT2D eigenvalue weighted by Gasteiger charge is 2.27. The molecule has 1 atom stereocenters. The van der Waals surface area contributed by atoms with Gasteiger partial charge in [0.1, 0.15) is 23.5 Å². The van der Waals surface area contributed by atoms with Gasteiger partial charge in [0.15, 0.2) is 0 Å². The van der Waals surface area contributed by atoms with Gasteiger partial charge in [-0.15, -0.1) is 0 Å². The van der Waals surface area contributed by atoms with Gasteiger partial charge in [-0.2, -0.15) is 0 Å². The molecular weight excluding hydrogens is 374 g/mol. The van der Waals surface area contributed by atoms with Crippen LogP contribution < -0.4 is 0 Å². The summed E-state index contributed by atoms with van der Waals surface area (Å²) in [5.41, 5.74) is 2.48. The molecular formula is C23H24F2N2O2. The third-order valence-electron chi connectivity index (χ3n) is 5.00. The van der Waals surface area contributed by atoms with Crippen molar-refractivity contribution in [2.45, 2.75) is 45.6 Å². The Kier molecular flexibility index (Phi) is 6.42. The van der Waals surface area contributed by atoms with E-state index in [-0.39, 0.29) is 11.6 Å². The topological polar surface area (TPSA) is 55.1 Å². The molecule has 0 saturated carbocycles. The lowest BCUT2D eigenvalue weighted by Gasteiger charge is -2.19. The van der Waals surface area contributed by atoms with Crippen LogP contribution in [0.5, 0.6) is 0 Å². The fourth-order valence-corrected chi connectivity index (χ4v) is 3.57. The minimum Gasteiger partial charge on any atom is -0.480 e. The molecule has 0 aliphatic rings. The maximum Gasteiger partial charge on any atom is 0.326 e. The second-order valence-electron chi connectivity index (χ2n) is 7.09. The van der Waals surface area contributed by atoms with Gasteiger partial charge < -0.3 is 9.67 Å². The zero-order valence-corrected chi connectivity index (χ0v) is 16.5. The number of hydrogen-bond donors (Lipinski definition) is 1. The van der Waals surface area contributed by atoms with Crippen molar-refractivity contribution in [2.75, 3.05) is 0 Å². The number of imidazole rings is 1. The number of aliphatic carboxylic acids is 1. The van der Waals surface area contributed by atoms with Crippen molar-refractivity contribution in [1.82, 2.24) is 9.55 Å². The van der Waals surface area contributed by atoms with E-state index in [2.05, 4.69) is 11.9 Å². The Hall–Kier alpha value is -3.02. The monoisotopic (exact) mass is 398 g/mol. The van der Waals surface area contributed by atoms with Gasteiger partial charge in [-0.3, -0.25) is 0 Å². The first-order chi connectivity index (χ1) is 13.9. The molecule has 0 aliphatic carbocycles. The number of aromatic nitrogens is 2. The molecule has 0 fully saturated rings. The number of rotatable bonds is 8. The van der Waals surface area contributed by atoms with Crippen LogP contribution in [-0.2, 0) is 4.79 Å². The van der Waals surface area contributed by atoms with Crippen molar-refractivity contribution in [3.8, 4) is 22.5 Å². The van der Waals surface area contributed by atoms with Gasteiger partial charge in [0.2, 0.25) is 0 Å². The van der Waals surface area contributed by atoms with Gasteiger partial charge in [0.05, 0.1) is 11.4 Å². The SMILES string of the molecule is CCCCCC(C(=O)O)n1c(C)nc(-c2ccc(F)cc2)c1-c1ccc(F)cc1. The molecule has 1 N–H and O–H groups in total. The zero-order chi connectivity index (χ0) is 21.0. The standard InChI is InChI=1S/C23H24F2N2O2/c1-3-4-5-6-20(23(28)29)27-15(2)26-21(16-7-11-18(24)12-8-16)22(27)17-9-13-19(25)14-10-17/h7-14,20H,3-6H2,1-2H3,(H,28,29). The average Bonchev–Trinajstić information content (AvgIpc) is 3.03. The van der Waals surface area contributed by atoms with Crippen LogP contribution in [0.15, 0.2) is 48.5 Å². The van der Waals surface area contributed by atoms with Crippen molar-refractivity contribution >= 4 is 5.97 Å². The maximum atomic E-state index is 13.5. The molecule has 152 valence electrons. The largest absolute Gasteiger partial charge is 0.480 e. The molecule has 0 amide bonds. The number of nitrogens with zero attached hydrogens (tertiary/aromatic N) is 2. The average molecular weight is 398 g/mol. The summed E-state index contributed by atoms with van der Waals surface area (Å²) in [4.78, 5) is 16.7. The lowest BCUT2D eigenvalue weighted by Crippen LogP contribution is -2.21. The van der Waals surface area contributed by atoms with Crippen LogP contribution in [-0.4, -0.2) is 20.6 Å². The number of halogens is 2. The molecule has 0 radical (unpaired) electrons. The number of carboxylic acids is 1. The van der Waals surface area contributed by atoms with Gasteiger partial charge >= 0.3 is 5.97 Å². The maximum absolute atomic E-state index is 13.5. The molecule has 6 heteroatoms. The third-order valence-corrected chi connectivity index (χ3v) is 5.00. The quantitative estimate of drug-likeness (QED) is 0.473. The highest BCUT2D eigenvalue weighted by atomic mass is 19.1. The van der Waals surface area contributed by atoms with E-state index in [0.29, 0.717) is 34.8 Å². The fraction of sp³-hybridized carbons (Fsp3) is 0.304. The molecule has 0 bridgehead atoms. The summed E-state index contributed by atoms with van der Waals surface area (Å²) in [6, 6.07) is 11.0. The van der Waals surface area contributed by atoms with Crippen LogP contribution in [0.1, 0.15) is 44.5 Å². The predicted octanol–water partition coefficient (Wildman–Crippen LogP) is 6.01. The van der Waals surface area contributed by atoms with Crippen LogP contribution in [0, 0.1) is 18.6 Å². The molecule has 29 heavy (non-hydrogen) atoms. The normalized spacial score (nSPS) is 12.1. The predicted molar refractivity (Wildman–Crippen MR) is 109 cm³/mol. The Balaban J connectivity index is 2.20. The summed E-state index contributed by atoms with van der Waals surface area (Å²) < 4.78 is 28.6. The van der Waals surface area contributed by atoms with Crippen LogP contribution in [0.2, 0.25) is 0 Å². The van der Waals surface area contributed by atoms with Crippen molar-refractivity contribution < 1.29 is 18.7 Å². The summed E-state index contributed by atoms with van der Waals surface area (Å²) in [5.74, 6) is -1.13. The second-order valence-corrected chi connectivity index (χ2v) is 7.09. The molecule has 1 unspecified atom stereocenters. The molecule has 0 spiro atoms. The minimum absolute atomic E-state index is 0.365. The lowest BCUT2D eigenvalue weighted by molar-refractivity contribution is -0.141. The Bertz CT molecular complexity index is 979. The second kappa shape index (κ2) is 8.99. The first-order valence-corrected chi connectivity index (χ1v) is 9.76. The van der Waals surface area contributed by atoms with E-state index >= 15 is 0 Å². The van der Waals surface area contributed by atoms with E-state index < -0.39 is 12.0 Å². The van der Waals surface area contributed by atoms with Crippen molar-refractivity contribution in [2.24, 2.45) is 0 Å². The Labute approximate surface area is 168 Å². The number of hydrogen-bond acceptors (Lipinski definition) is 2. The third kappa shape index (κ3) is 4.53. The Morgan fingerprint density at radius 2 is 1.55 bits per heavy atom. The van der Waals surface area contributed by atoms with Gasteiger partial charge in [0.25, 0.3) is 0 Å². The van der Waals surface area contributed by atoms with Crippen molar-refractivity contribution in [1.29, 1.82) is 0 Å². The molecule has 3 aromatic rings. The summed E-state index contributed by atoms with van der Waals surface area (Å²) in [6.07, 6.45) is 3.17. The molecule has 1 aromatic heterocycles. The van der Waals surface area contributed by atoms with Crippen LogP contribution >= 0.6 is 0 Å². The number of carboxylic acid groups (broad SMARTS) is 1. The van der Waals surface area contributed by atoms with Crippen molar-refractivity contribution in [3.05, 3.63) is 66.0 Å². The summed E-state index contributed by atoms with van der Waals surface area (Å²) in [5, 5.41) is 9.92. The molecule has 1 heterocycles. The fourth-order valence-electron chi connectivity index (χ4n) is 3.57. The zero-order valence-electron chi connectivity index (χ0n) is 16.5. The van der Waals surface area contributed by atoms with E-state index in [0.717, 1.165) is 19.3 Å². The Morgan fingerprint density at radius 3 is 2.07 bits per heavy atom. The minimum atomic E-state index is -0.935. The molecule has 3 rings (SSSR count). The molecule has 0 aliphatic heterocycles. The number of aryl methyl sites for hydroxylation is 1. The highest BCUT2D eigenvalue weighted by Crippen LogP contribution is 2.36. The van der Waals surface area contributed by atoms with Crippen LogP contribution in [0.4, 0.5) is 8.78 Å². The molecule has 0 saturated heterocycles. The highest BCUT2D eigenvalue weighted by molar-refractivity contribution is 5.81. The van der Waals surface area contributed by atoms with Gasteiger partial charge in [0, 0.05) is 11.1 Å². The summed E-state index contributed by atoms with van der Waals surface area (Å²) >= 11 is 0. The van der Waals surface area contributed by atoms with Crippen LogP contribution in [0.3, 0.4) is 0 Å². The first-order valence-electron chi connectivity index (χ1n) is 9.76.